The highest BCUT2D eigenvalue weighted by atomic mass is 15.3. The van der Waals surface area contributed by atoms with Gasteiger partial charge in [-0.3, -0.25) is 4.68 Å². The monoisotopic (exact) mass is 249 g/mol. The predicted molar refractivity (Wildman–Crippen MR) is 75.5 cm³/mol. The molecule has 1 aliphatic rings. The molecule has 3 nitrogen and oxygen atoms in total. The molecule has 1 aromatic heterocycles. The molecule has 3 heteroatoms. The van der Waals surface area contributed by atoms with Gasteiger partial charge in [-0.25, -0.2) is 0 Å². The molecule has 0 radical (unpaired) electrons. The van der Waals surface area contributed by atoms with Gasteiger partial charge in [0.25, 0.3) is 0 Å². The summed E-state index contributed by atoms with van der Waals surface area (Å²) >= 11 is 0. The summed E-state index contributed by atoms with van der Waals surface area (Å²) in [7, 11) is 0. The van der Waals surface area contributed by atoms with Crippen LogP contribution in [0.15, 0.2) is 12.3 Å². The molecule has 0 aliphatic heterocycles. The Bertz CT molecular complexity index is 350. The zero-order valence-corrected chi connectivity index (χ0v) is 12.0. The van der Waals surface area contributed by atoms with E-state index in [2.05, 4.69) is 43.4 Å². The molecule has 0 spiro atoms. The van der Waals surface area contributed by atoms with E-state index in [0.717, 1.165) is 18.2 Å². The van der Waals surface area contributed by atoms with Crippen LogP contribution in [0.25, 0.3) is 0 Å². The highest BCUT2D eigenvalue weighted by Gasteiger charge is 2.19. The molecule has 1 aliphatic carbocycles. The lowest BCUT2D eigenvalue weighted by atomic mass is 9.84. The van der Waals surface area contributed by atoms with Crippen molar-refractivity contribution in [3.05, 3.63) is 18.0 Å². The molecular weight excluding hydrogens is 222 g/mol. The third-order valence-electron chi connectivity index (χ3n) is 4.15. The Morgan fingerprint density at radius 2 is 2.00 bits per heavy atom. The van der Waals surface area contributed by atoms with E-state index in [-0.39, 0.29) is 0 Å². The SMILES string of the molecule is CC(C)n1ccc(CN[C@H](C)C2CCCCC2)n1. The van der Waals surface area contributed by atoms with E-state index in [1.807, 2.05) is 4.68 Å². The van der Waals surface area contributed by atoms with E-state index in [1.54, 1.807) is 0 Å². The normalized spacial score (nSPS) is 19.3. The quantitative estimate of drug-likeness (QED) is 0.865. The zero-order valence-electron chi connectivity index (χ0n) is 12.0. The van der Waals surface area contributed by atoms with Crippen molar-refractivity contribution in [2.75, 3.05) is 0 Å². The van der Waals surface area contributed by atoms with E-state index in [0.29, 0.717) is 12.1 Å². The van der Waals surface area contributed by atoms with Crippen LogP contribution in [0.3, 0.4) is 0 Å². The molecule has 1 fully saturated rings. The second-order valence-electron chi connectivity index (χ2n) is 5.95. The Balaban J connectivity index is 1.79. The minimum Gasteiger partial charge on any atom is -0.308 e. The highest BCUT2D eigenvalue weighted by Crippen LogP contribution is 2.26. The molecule has 2 rings (SSSR count). The van der Waals surface area contributed by atoms with Gasteiger partial charge in [-0.2, -0.15) is 5.10 Å². The molecular formula is C15H27N3. The molecule has 0 saturated heterocycles. The van der Waals surface area contributed by atoms with E-state index >= 15 is 0 Å². The second kappa shape index (κ2) is 6.37. The smallest absolute Gasteiger partial charge is 0.0762 e. The third-order valence-corrected chi connectivity index (χ3v) is 4.15. The summed E-state index contributed by atoms with van der Waals surface area (Å²) in [6.45, 7) is 7.55. The molecule has 1 N–H and O–H groups in total. The average Bonchev–Trinajstić information content (AvgIpc) is 2.86. The first-order valence-corrected chi connectivity index (χ1v) is 7.44. The van der Waals surface area contributed by atoms with Gasteiger partial charge in [0.1, 0.15) is 0 Å². The summed E-state index contributed by atoms with van der Waals surface area (Å²) in [6.07, 6.45) is 9.13. The Labute approximate surface area is 111 Å². The molecule has 0 bridgehead atoms. The number of rotatable bonds is 5. The molecule has 0 aromatic carbocycles. The Morgan fingerprint density at radius 1 is 1.28 bits per heavy atom. The molecule has 1 heterocycles. The van der Waals surface area contributed by atoms with Crippen molar-refractivity contribution in [2.24, 2.45) is 5.92 Å². The van der Waals surface area contributed by atoms with Gasteiger partial charge < -0.3 is 5.32 Å². The van der Waals surface area contributed by atoms with Gasteiger partial charge >= 0.3 is 0 Å². The minimum atomic E-state index is 0.453. The van der Waals surface area contributed by atoms with Crippen LogP contribution in [-0.2, 0) is 6.54 Å². The summed E-state index contributed by atoms with van der Waals surface area (Å²) in [5.41, 5.74) is 1.16. The largest absolute Gasteiger partial charge is 0.308 e. The van der Waals surface area contributed by atoms with E-state index in [4.69, 9.17) is 0 Å². The van der Waals surface area contributed by atoms with Gasteiger partial charge in [0.05, 0.1) is 5.69 Å². The Hall–Kier alpha value is -0.830. The van der Waals surface area contributed by atoms with Crippen molar-refractivity contribution in [2.45, 2.75) is 71.5 Å². The minimum absolute atomic E-state index is 0.453. The summed E-state index contributed by atoms with van der Waals surface area (Å²) < 4.78 is 2.03. The van der Waals surface area contributed by atoms with Crippen LogP contribution < -0.4 is 5.32 Å². The summed E-state index contributed by atoms with van der Waals surface area (Å²) in [4.78, 5) is 0. The number of aromatic nitrogens is 2. The fourth-order valence-electron chi connectivity index (χ4n) is 2.83. The topological polar surface area (TPSA) is 29.9 Å². The molecule has 1 saturated carbocycles. The van der Waals surface area contributed by atoms with Gasteiger partial charge in [0.15, 0.2) is 0 Å². The van der Waals surface area contributed by atoms with Crippen LogP contribution in [0.1, 0.15) is 64.6 Å². The maximum Gasteiger partial charge on any atom is 0.0762 e. The number of hydrogen-bond acceptors (Lipinski definition) is 2. The number of hydrogen-bond donors (Lipinski definition) is 1. The van der Waals surface area contributed by atoms with Crippen LogP contribution in [0.2, 0.25) is 0 Å². The molecule has 1 atom stereocenters. The lowest BCUT2D eigenvalue weighted by Crippen LogP contribution is -2.34. The van der Waals surface area contributed by atoms with Crippen LogP contribution in [0.4, 0.5) is 0 Å². The first-order chi connectivity index (χ1) is 8.66. The maximum atomic E-state index is 4.58. The van der Waals surface area contributed by atoms with Crippen molar-refractivity contribution in [3.8, 4) is 0 Å². The first kappa shape index (κ1) is 13.6. The number of nitrogens with zero attached hydrogens (tertiary/aromatic N) is 2. The van der Waals surface area contributed by atoms with Gasteiger partial charge in [-0.05, 0) is 45.6 Å². The molecule has 1 aromatic rings. The highest BCUT2D eigenvalue weighted by molar-refractivity contribution is 4.99. The van der Waals surface area contributed by atoms with Crippen molar-refractivity contribution in [1.29, 1.82) is 0 Å². The molecule has 0 amide bonds. The van der Waals surface area contributed by atoms with Gasteiger partial charge in [0.2, 0.25) is 0 Å². The Morgan fingerprint density at radius 3 is 2.61 bits per heavy atom. The molecule has 102 valence electrons. The summed E-state index contributed by atoms with van der Waals surface area (Å²) in [5, 5.41) is 8.23. The van der Waals surface area contributed by atoms with Crippen molar-refractivity contribution in [1.82, 2.24) is 15.1 Å². The predicted octanol–water partition coefficient (Wildman–Crippen LogP) is 3.52. The lowest BCUT2D eigenvalue weighted by molar-refractivity contribution is 0.280. The van der Waals surface area contributed by atoms with Gasteiger partial charge in [-0.1, -0.05) is 19.3 Å². The third kappa shape index (κ3) is 3.58. The van der Waals surface area contributed by atoms with Crippen LogP contribution in [0.5, 0.6) is 0 Å². The fraction of sp³-hybridized carbons (Fsp3) is 0.800. The van der Waals surface area contributed by atoms with Crippen LogP contribution in [0, 0.1) is 5.92 Å². The van der Waals surface area contributed by atoms with E-state index in [9.17, 15) is 0 Å². The number of nitrogens with one attached hydrogen (secondary N) is 1. The summed E-state index contributed by atoms with van der Waals surface area (Å²) in [5.74, 6) is 0.867. The second-order valence-corrected chi connectivity index (χ2v) is 5.95. The van der Waals surface area contributed by atoms with E-state index < -0.39 is 0 Å². The van der Waals surface area contributed by atoms with Crippen LogP contribution in [-0.4, -0.2) is 15.8 Å². The fourth-order valence-corrected chi connectivity index (χ4v) is 2.83. The van der Waals surface area contributed by atoms with Crippen molar-refractivity contribution >= 4 is 0 Å². The maximum absolute atomic E-state index is 4.58. The average molecular weight is 249 g/mol. The van der Waals surface area contributed by atoms with E-state index in [1.165, 1.54) is 32.1 Å². The molecule has 0 unspecified atom stereocenters. The van der Waals surface area contributed by atoms with Crippen molar-refractivity contribution < 1.29 is 0 Å². The molecule has 18 heavy (non-hydrogen) atoms. The zero-order chi connectivity index (χ0) is 13.0. The summed E-state index contributed by atoms with van der Waals surface area (Å²) in [6, 6.07) is 3.20. The van der Waals surface area contributed by atoms with Crippen molar-refractivity contribution in [3.63, 3.8) is 0 Å². The Kier molecular flexibility index (Phi) is 4.81. The lowest BCUT2D eigenvalue weighted by Gasteiger charge is -2.28. The first-order valence-electron chi connectivity index (χ1n) is 7.44. The standard InChI is InChI=1S/C15H27N3/c1-12(2)18-10-9-15(17-18)11-16-13(3)14-7-5-4-6-8-14/h9-10,12-14,16H,4-8,11H2,1-3H3/t13-/m1/s1. The van der Waals surface area contributed by atoms with Crippen LogP contribution >= 0.6 is 0 Å². The van der Waals surface area contributed by atoms with Gasteiger partial charge in [-0.15, -0.1) is 0 Å². The van der Waals surface area contributed by atoms with Gasteiger partial charge in [0, 0.05) is 24.8 Å².